The minimum absolute atomic E-state index is 0.495. The lowest BCUT2D eigenvalue weighted by Crippen LogP contribution is -2.64. The van der Waals surface area contributed by atoms with Crippen LogP contribution in [0.4, 0.5) is 0 Å². The Hall–Kier alpha value is -0.0800. The Morgan fingerprint density at radius 1 is 1.00 bits per heavy atom. The highest BCUT2D eigenvalue weighted by atomic mass is 16.5. The lowest BCUT2D eigenvalue weighted by Gasteiger charge is -2.57. The quantitative estimate of drug-likeness (QED) is 0.828. The van der Waals surface area contributed by atoms with Gasteiger partial charge in [-0.25, -0.2) is 0 Å². The molecule has 110 valence electrons. The molecular formula is C17H31NO. The first kappa shape index (κ1) is 13.9. The highest BCUT2D eigenvalue weighted by Crippen LogP contribution is 2.53. The van der Waals surface area contributed by atoms with Gasteiger partial charge in [0.2, 0.25) is 0 Å². The van der Waals surface area contributed by atoms with Crippen LogP contribution < -0.4 is 5.32 Å². The molecule has 0 aromatic rings. The molecule has 2 atom stereocenters. The Kier molecular flexibility index (Phi) is 4.48. The minimum Gasteiger partial charge on any atom is -0.374 e. The second-order valence-corrected chi connectivity index (χ2v) is 7.02. The normalized spacial score (nSPS) is 35.2. The molecule has 0 aromatic heterocycles. The Labute approximate surface area is 118 Å². The van der Waals surface area contributed by atoms with Gasteiger partial charge in [0.1, 0.15) is 0 Å². The fourth-order valence-electron chi connectivity index (χ4n) is 4.79. The van der Waals surface area contributed by atoms with Gasteiger partial charge in [-0.3, -0.25) is 0 Å². The van der Waals surface area contributed by atoms with Crippen molar-refractivity contribution in [3.63, 3.8) is 0 Å². The second-order valence-electron chi connectivity index (χ2n) is 7.02. The average molecular weight is 265 g/mol. The van der Waals surface area contributed by atoms with E-state index < -0.39 is 0 Å². The number of hydrogen-bond acceptors (Lipinski definition) is 2. The molecular weight excluding hydrogens is 234 g/mol. The summed E-state index contributed by atoms with van der Waals surface area (Å²) in [5.41, 5.74) is 0.495. The van der Waals surface area contributed by atoms with E-state index in [0.717, 1.165) is 12.6 Å². The van der Waals surface area contributed by atoms with Gasteiger partial charge >= 0.3 is 0 Å². The van der Waals surface area contributed by atoms with Crippen molar-refractivity contribution in [1.82, 2.24) is 5.32 Å². The molecule has 1 spiro atoms. The maximum atomic E-state index is 6.53. The van der Waals surface area contributed by atoms with E-state index in [1.807, 2.05) is 0 Å². The van der Waals surface area contributed by atoms with E-state index in [0.29, 0.717) is 17.6 Å². The average Bonchev–Trinajstić information content (AvgIpc) is 2.78. The summed E-state index contributed by atoms with van der Waals surface area (Å²) < 4.78 is 6.53. The summed E-state index contributed by atoms with van der Waals surface area (Å²) in [6, 6.07) is 0.738. The van der Waals surface area contributed by atoms with Crippen molar-refractivity contribution in [3.8, 4) is 0 Å². The molecule has 19 heavy (non-hydrogen) atoms. The van der Waals surface area contributed by atoms with Gasteiger partial charge < -0.3 is 10.1 Å². The van der Waals surface area contributed by atoms with Crippen molar-refractivity contribution in [1.29, 1.82) is 0 Å². The molecule has 0 radical (unpaired) electrons. The third-order valence-electron chi connectivity index (χ3n) is 5.93. The molecule has 3 aliphatic rings. The molecule has 2 unspecified atom stereocenters. The van der Waals surface area contributed by atoms with Crippen LogP contribution in [0.2, 0.25) is 0 Å². The van der Waals surface area contributed by atoms with Crippen molar-refractivity contribution in [2.75, 3.05) is 6.54 Å². The van der Waals surface area contributed by atoms with Gasteiger partial charge in [-0.05, 0) is 38.6 Å². The maximum Gasteiger partial charge on any atom is 0.0665 e. The van der Waals surface area contributed by atoms with Crippen molar-refractivity contribution >= 4 is 0 Å². The fourth-order valence-corrected chi connectivity index (χ4v) is 4.79. The second kappa shape index (κ2) is 6.13. The highest BCUT2D eigenvalue weighted by Gasteiger charge is 2.55. The topological polar surface area (TPSA) is 21.3 Å². The molecule has 0 saturated heterocycles. The molecule has 1 N–H and O–H groups in total. The smallest absolute Gasteiger partial charge is 0.0665 e. The molecule has 0 aliphatic heterocycles. The van der Waals surface area contributed by atoms with Gasteiger partial charge in [0.05, 0.1) is 12.2 Å². The molecule has 3 saturated carbocycles. The van der Waals surface area contributed by atoms with Gasteiger partial charge in [0.15, 0.2) is 0 Å². The summed E-state index contributed by atoms with van der Waals surface area (Å²) in [7, 11) is 0. The summed E-state index contributed by atoms with van der Waals surface area (Å²) in [5.74, 6) is 0. The third-order valence-corrected chi connectivity index (χ3v) is 5.93. The molecule has 0 bridgehead atoms. The van der Waals surface area contributed by atoms with E-state index in [1.54, 1.807) is 0 Å². The highest BCUT2D eigenvalue weighted by molar-refractivity contribution is 5.08. The van der Waals surface area contributed by atoms with Gasteiger partial charge in [-0.15, -0.1) is 0 Å². The van der Waals surface area contributed by atoms with Crippen LogP contribution in [0, 0.1) is 5.41 Å². The largest absolute Gasteiger partial charge is 0.374 e. The van der Waals surface area contributed by atoms with E-state index in [1.165, 1.54) is 70.6 Å². The standard InChI is InChI=1S/C17H31NO/c1-2-18-15-13-16(19-14-9-5-6-10-14)17(15)11-7-3-4-8-12-17/h14-16,18H,2-13H2,1H3. The SMILES string of the molecule is CCNC1CC(OC2CCCC2)C12CCCCCC2. The fraction of sp³-hybridized carbons (Fsp3) is 1.00. The van der Waals surface area contributed by atoms with E-state index in [4.69, 9.17) is 4.74 Å². The molecule has 3 rings (SSSR count). The van der Waals surface area contributed by atoms with Crippen LogP contribution in [0.5, 0.6) is 0 Å². The first-order valence-electron chi connectivity index (χ1n) is 8.74. The predicted molar refractivity (Wildman–Crippen MR) is 79.3 cm³/mol. The van der Waals surface area contributed by atoms with Gasteiger partial charge in [0, 0.05) is 11.5 Å². The molecule has 3 aliphatic carbocycles. The molecule has 0 aromatic carbocycles. The number of ether oxygens (including phenoxy) is 1. The van der Waals surface area contributed by atoms with Crippen molar-refractivity contribution < 1.29 is 4.74 Å². The zero-order chi connectivity index (χ0) is 13.1. The van der Waals surface area contributed by atoms with E-state index in [-0.39, 0.29) is 0 Å². The summed E-state index contributed by atoms with van der Waals surface area (Å²) >= 11 is 0. The minimum atomic E-state index is 0.495. The monoisotopic (exact) mass is 265 g/mol. The Balaban J connectivity index is 1.65. The summed E-state index contributed by atoms with van der Waals surface area (Å²) in [6.07, 6.45) is 16.4. The van der Waals surface area contributed by atoms with Crippen LogP contribution in [0.3, 0.4) is 0 Å². The van der Waals surface area contributed by atoms with Crippen molar-refractivity contribution in [3.05, 3.63) is 0 Å². The maximum absolute atomic E-state index is 6.53. The van der Waals surface area contributed by atoms with Crippen LogP contribution in [-0.4, -0.2) is 24.8 Å². The lowest BCUT2D eigenvalue weighted by molar-refractivity contribution is -0.167. The Bertz CT molecular complexity index is 277. The van der Waals surface area contributed by atoms with Gasteiger partial charge in [-0.2, -0.15) is 0 Å². The summed E-state index contributed by atoms with van der Waals surface area (Å²) in [4.78, 5) is 0. The van der Waals surface area contributed by atoms with Crippen LogP contribution in [0.25, 0.3) is 0 Å². The summed E-state index contributed by atoms with van der Waals surface area (Å²) in [5, 5.41) is 3.75. The van der Waals surface area contributed by atoms with Gasteiger partial charge in [0.25, 0.3) is 0 Å². The van der Waals surface area contributed by atoms with E-state index in [9.17, 15) is 0 Å². The number of hydrogen-bond donors (Lipinski definition) is 1. The zero-order valence-corrected chi connectivity index (χ0v) is 12.6. The predicted octanol–water partition coefficient (Wildman–Crippen LogP) is 4.04. The number of rotatable bonds is 4. The Morgan fingerprint density at radius 3 is 2.32 bits per heavy atom. The Morgan fingerprint density at radius 2 is 1.68 bits per heavy atom. The molecule has 3 fully saturated rings. The molecule has 0 amide bonds. The first-order chi connectivity index (χ1) is 9.35. The van der Waals surface area contributed by atoms with Crippen molar-refractivity contribution in [2.24, 2.45) is 5.41 Å². The first-order valence-corrected chi connectivity index (χ1v) is 8.74. The van der Waals surface area contributed by atoms with Crippen LogP contribution in [0.15, 0.2) is 0 Å². The lowest BCUT2D eigenvalue weighted by atomic mass is 9.57. The van der Waals surface area contributed by atoms with Crippen LogP contribution in [0.1, 0.15) is 77.6 Å². The van der Waals surface area contributed by atoms with Crippen molar-refractivity contribution in [2.45, 2.75) is 95.8 Å². The van der Waals surface area contributed by atoms with E-state index >= 15 is 0 Å². The van der Waals surface area contributed by atoms with Crippen LogP contribution >= 0.6 is 0 Å². The molecule has 0 heterocycles. The van der Waals surface area contributed by atoms with E-state index in [2.05, 4.69) is 12.2 Å². The molecule has 2 nitrogen and oxygen atoms in total. The summed E-state index contributed by atoms with van der Waals surface area (Å²) in [6.45, 7) is 3.36. The molecule has 2 heteroatoms. The zero-order valence-electron chi connectivity index (χ0n) is 12.6. The number of nitrogens with one attached hydrogen (secondary N) is 1. The van der Waals surface area contributed by atoms with Gasteiger partial charge in [-0.1, -0.05) is 45.4 Å². The van der Waals surface area contributed by atoms with Crippen LogP contribution in [-0.2, 0) is 4.74 Å². The third kappa shape index (κ3) is 2.71.